The summed E-state index contributed by atoms with van der Waals surface area (Å²) in [6, 6.07) is 3.50. The van der Waals surface area contributed by atoms with E-state index in [9.17, 15) is 4.79 Å². The van der Waals surface area contributed by atoms with Gasteiger partial charge in [0.05, 0.1) is 5.70 Å². The number of likely N-dealkylation sites (tertiary alicyclic amines) is 1. The van der Waals surface area contributed by atoms with Crippen LogP contribution in [0, 0.1) is 22.7 Å². The van der Waals surface area contributed by atoms with Crippen molar-refractivity contribution in [2.24, 2.45) is 0 Å². The number of allylic oxidation sites excluding steroid dienone is 2. The van der Waals surface area contributed by atoms with Gasteiger partial charge in [-0.15, -0.1) is 0 Å². The molecule has 0 aromatic carbocycles. The Bertz CT molecular complexity index is 376. The summed E-state index contributed by atoms with van der Waals surface area (Å²) in [4.78, 5) is 12.5. The lowest BCUT2D eigenvalue weighted by Gasteiger charge is -2.08. The van der Waals surface area contributed by atoms with E-state index in [1.54, 1.807) is 12.1 Å². The highest BCUT2D eigenvalue weighted by molar-refractivity contribution is 5.97. The largest absolute Gasteiger partial charge is 0.313 e. The van der Waals surface area contributed by atoms with Gasteiger partial charge in [-0.05, 0) is 0 Å². The first-order valence-corrected chi connectivity index (χ1v) is 3.61. The second-order valence-corrected chi connectivity index (χ2v) is 2.69. The molecule has 4 nitrogen and oxygen atoms in total. The van der Waals surface area contributed by atoms with Gasteiger partial charge in [-0.3, -0.25) is 4.79 Å². The second-order valence-electron chi connectivity index (χ2n) is 2.69. The molecular formula is C9H7N3O. The second kappa shape index (κ2) is 3.12. The Hall–Kier alpha value is -2.07. The van der Waals surface area contributed by atoms with Gasteiger partial charge in [-0.1, -0.05) is 6.58 Å². The summed E-state index contributed by atoms with van der Waals surface area (Å²) in [6.07, 6.45) is 0.297. The highest BCUT2D eigenvalue weighted by atomic mass is 16.2. The van der Waals surface area contributed by atoms with E-state index in [0.717, 1.165) is 0 Å². The number of carbonyl (C=O) groups excluding carboxylic acids is 1. The van der Waals surface area contributed by atoms with Gasteiger partial charge in [0.15, 0.2) is 0 Å². The van der Waals surface area contributed by atoms with Crippen LogP contribution in [0.3, 0.4) is 0 Å². The molecule has 0 N–H and O–H groups in total. The van der Waals surface area contributed by atoms with E-state index in [1.165, 1.54) is 11.9 Å². The molecule has 0 aliphatic carbocycles. The molecule has 1 aliphatic rings. The third-order valence-electron chi connectivity index (χ3n) is 1.90. The molecule has 1 aliphatic heterocycles. The monoisotopic (exact) mass is 173 g/mol. The minimum Gasteiger partial charge on any atom is -0.313 e. The van der Waals surface area contributed by atoms with Crippen molar-refractivity contribution in [2.45, 2.75) is 6.42 Å². The van der Waals surface area contributed by atoms with Crippen LogP contribution >= 0.6 is 0 Å². The van der Waals surface area contributed by atoms with Gasteiger partial charge in [0.2, 0.25) is 0 Å². The molecule has 0 saturated carbocycles. The topological polar surface area (TPSA) is 67.9 Å². The van der Waals surface area contributed by atoms with Crippen LogP contribution in [0.15, 0.2) is 23.4 Å². The Kier molecular flexibility index (Phi) is 2.17. The van der Waals surface area contributed by atoms with E-state index >= 15 is 0 Å². The maximum absolute atomic E-state index is 11.2. The molecule has 0 bridgehead atoms. The van der Waals surface area contributed by atoms with Gasteiger partial charge >= 0.3 is 0 Å². The van der Waals surface area contributed by atoms with Gasteiger partial charge < -0.3 is 4.90 Å². The molecule has 1 heterocycles. The molecule has 0 spiro atoms. The Morgan fingerprint density at radius 1 is 1.54 bits per heavy atom. The van der Waals surface area contributed by atoms with E-state index in [2.05, 4.69) is 6.58 Å². The lowest BCUT2D eigenvalue weighted by molar-refractivity contribution is -0.122. The Labute approximate surface area is 76.0 Å². The predicted molar refractivity (Wildman–Crippen MR) is 44.8 cm³/mol. The van der Waals surface area contributed by atoms with Crippen molar-refractivity contribution >= 4 is 5.91 Å². The first kappa shape index (κ1) is 9.02. The summed E-state index contributed by atoms with van der Waals surface area (Å²) in [6.45, 7) is 3.54. The SMILES string of the molecule is C=C1CC(=C(C#N)C#N)N(C)C1=O. The summed E-state index contributed by atoms with van der Waals surface area (Å²) in [7, 11) is 1.53. The molecule has 13 heavy (non-hydrogen) atoms. The molecular weight excluding hydrogens is 166 g/mol. The summed E-state index contributed by atoms with van der Waals surface area (Å²) in [5, 5.41) is 17.2. The smallest absolute Gasteiger partial charge is 0.253 e. The van der Waals surface area contributed by atoms with Crippen LogP contribution in [0.1, 0.15) is 6.42 Å². The van der Waals surface area contributed by atoms with Crippen LogP contribution in [0.2, 0.25) is 0 Å². The number of carbonyl (C=O) groups is 1. The van der Waals surface area contributed by atoms with Gasteiger partial charge in [-0.25, -0.2) is 0 Å². The highest BCUT2D eigenvalue weighted by Crippen LogP contribution is 2.26. The van der Waals surface area contributed by atoms with Gasteiger partial charge in [0, 0.05) is 19.0 Å². The number of hydrogen-bond donors (Lipinski definition) is 0. The van der Waals surface area contributed by atoms with Gasteiger partial charge in [0.25, 0.3) is 5.91 Å². The fourth-order valence-electron chi connectivity index (χ4n) is 1.17. The molecule has 1 rings (SSSR count). The molecule has 1 fully saturated rings. The minimum absolute atomic E-state index is 0.0190. The minimum atomic E-state index is -0.224. The first-order chi connectivity index (χ1) is 6.11. The summed E-state index contributed by atoms with van der Waals surface area (Å²) in [5.74, 6) is -0.224. The number of nitrogens with zero attached hydrogens (tertiary/aromatic N) is 3. The number of likely N-dealkylation sites (N-methyl/N-ethyl adjacent to an activating group) is 1. The van der Waals surface area contributed by atoms with Gasteiger partial charge in [-0.2, -0.15) is 10.5 Å². The maximum atomic E-state index is 11.2. The highest BCUT2D eigenvalue weighted by Gasteiger charge is 2.28. The van der Waals surface area contributed by atoms with Gasteiger partial charge in [0.1, 0.15) is 17.7 Å². The van der Waals surface area contributed by atoms with Crippen molar-refractivity contribution in [2.75, 3.05) is 7.05 Å². The molecule has 64 valence electrons. The van der Waals surface area contributed by atoms with Crippen LogP contribution in [0.25, 0.3) is 0 Å². The van der Waals surface area contributed by atoms with Crippen molar-refractivity contribution < 1.29 is 4.79 Å². The van der Waals surface area contributed by atoms with E-state index < -0.39 is 0 Å². The average Bonchev–Trinajstić information content (AvgIpc) is 2.36. The summed E-state index contributed by atoms with van der Waals surface area (Å²) < 4.78 is 0. The quantitative estimate of drug-likeness (QED) is 0.400. The molecule has 0 aromatic rings. The molecule has 0 unspecified atom stereocenters. The lowest BCUT2D eigenvalue weighted by atomic mass is 10.1. The number of amides is 1. The normalized spacial score (nSPS) is 15.6. The van der Waals surface area contributed by atoms with E-state index in [4.69, 9.17) is 10.5 Å². The van der Waals surface area contributed by atoms with Crippen LogP contribution in [-0.2, 0) is 4.79 Å². The average molecular weight is 173 g/mol. The number of hydrogen-bond acceptors (Lipinski definition) is 3. The zero-order valence-electron chi connectivity index (χ0n) is 7.16. The Balaban J connectivity index is 3.20. The van der Waals surface area contributed by atoms with Crippen LogP contribution in [0.5, 0.6) is 0 Å². The predicted octanol–water partition coefficient (Wildman–Crippen LogP) is 0.706. The third kappa shape index (κ3) is 1.30. The van der Waals surface area contributed by atoms with Crippen molar-refractivity contribution in [3.8, 4) is 12.1 Å². The van der Waals surface area contributed by atoms with Crippen LogP contribution in [-0.4, -0.2) is 17.9 Å². The van der Waals surface area contributed by atoms with E-state index in [-0.39, 0.29) is 11.5 Å². The third-order valence-corrected chi connectivity index (χ3v) is 1.90. The molecule has 0 atom stereocenters. The summed E-state index contributed by atoms with van der Waals surface area (Å²) >= 11 is 0. The molecule has 0 aromatic heterocycles. The Morgan fingerprint density at radius 2 is 2.08 bits per heavy atom. The van der Waals surface area contributed by atoms with Crippen molar-refractivity contribution in [3.05, 3.63) is 23.4 Å². The fourth-order valence-corrected chi connectivity index (χ4v) is 1.17. The van der Waals surface area contributed by atoms with E-state index in [0.29, 0.717) is 17.7 Å². The zero-order valence-corrected chi connectivity index (χ0v) is 7.16. The molecule has 4 heteroatoms. The fraction of sp³-hybridized carbons (Fsp3) is 0.222. The van der Waals surface area contributed by atoms with Crippen LogP contribution < -0.4 is 0 Å². The summed E-state index contributed by atoms with van der Waals surface area (Å²) in [5.41, 5.74) is 0.843. The first-order valence-electron chi connectivity index (χ1n) is 3.61. The van der Waals surface area contributed by atoms with Crippen LogP contribution in [0.4, 0.5) is 0 Å². The molecule has 1 amide bonds. The zero-order chi connectivity index (χ0) is 10.0. The standard InChI is InChI=1S/C9H7N3O/c1-6-3-8(7(4-10)5-11)12(2)9(6)13/h1,3H2,2H3. The Morgan fingerprint density at radius 3 is 2.38 bits per heavy atom. The number of rotatable bonds is 0. The van der Waals surface area contributed by atoms with Crippen molar-refractivity contribution in [3.63, 3.8) is 0 Å². The van der Waals surface area contributed by atoms with Crippen molar-refractivity contribution in [1.82, 2.24) is 4.90 Å². The maximum Gasteiger partial charge on any atom is 0.253 e. The van der Waals surface area contributed by atoms with Crippen molar-refractivity contribution in [1.29, 1.82) is 10.5 Å². The lowest BCUT2D eigenvalue weighted by Crippen LogP contribution is -2.18. The van der Waals surface area contributed by atoms with E-state index in [1.807, 2.05) is 0 Å². The number of nitriles is 2. The molecule has 0 radical (unpaired) electrons. The molecule has 1 saturated heterocycles.